The van der Waals surface area contributed by atoms with Crippen LogP contribution in [-0.2, 0) is 11.2 Å². The van der Waals surface area contributed by atoms with Crippen molar-refractivity contribution in [3.05, 3.63) is 35.4 Å². The summed E-state index contributed by atoms with van der Waals surface area (Å²) in [6.07, 6.45) is 1.84. The molecule has 3 nitrogen and oxygen atoms in total. The monoisotopic (exact) mass is 276 g/mol. The van der Waals surface area contributed by atoms with E-state index in [-0.39, 0.29) is 23.9 Å². The minimum absolute atomic E-state index is 0.109. The van der Waals surface area contributed by atoms with Crippen molar-refractivity contribution in [3.63, 3.8) is 0 Å². The molecule has 1 aromatic rings. The van der Waals surface area contributed by atoms with Gasteiger partial charge in [-0.2, -0.15) is 0 Å². The summed E-state index contributed by atoms with van der Waals surface area (Å²) in [7, 11) is 1.89. The first-order valence-corrected chi connectivity index (χ1v) is 7.44. The molecule has 0 bridgehead atoms. The van der Waals surface area contributed by atoms with Crippen LogP contribution in [0.25, 0.3) is 0 Å². The first-order chi connectivity index (χ1) is 9.36. The zero-order valence-electron chi connectivity index (χ0n) is 13.4. The summed E-state index contributed by atoms with van der Waals surface area (Å²) in [5, 5.41) is 0. The number of nitrogens with two attached hydrogens (primary N) is 1. The molecular formula is C17H28N2O. The van der Waals surface area contributed by atoms with E-state index in [0.717, 1.165) is 12.8 Å². The van der Waals surface area contributed by atoms with Crippen LogP contribution in [0.4, 0.5) is 0 Å². The molecular weight excluding hydrogens is 248 g/mol. The average molecular weight is 276 g/mol. The molecule has 0 aliphatic rings. The molecule has 2 N–H and O–H groups in total. The molecule has 3 atom stereocenters. The molecule has 0 aliphatic carbocycles. The highest BCUT2D eigenvalue weighted by Gasteiger charge is 2.25. The summed E-state index contributed by atoms with van der Waals surface area (Å²) in [5.41, 5.74) is 8.37. The summed E-state index contributed by atoms with van der Waals surface area (Å²) in [6, 6.07) is 8.65. The fourth-order valence-electron chi connectivity index (χ4n) is 2.28. The number of hydrogen-bond acceptors (Lipinski definition) is 2. The molecule has 3 unspecified atom stereocenters. The standard InChI is InChI=1S/C17H28N2O/c1-6-16(11-15-9-7-12(2)8-10-15)19(5)17(20)13(3)14(4)18/h7-10,13-14,16H,6,11,18H2,1-5H3. The Balaban J connectivity index is 2.74. The van der Waals surface area contributed by atoms with Crippen LogP contribution in [0.3, 0.4) is 0 Å². The first kappa shape index (κ1) is 16.7. The van der Waals surface area contributed by atoms with Crippen molar-refractivity contribution in [1.29, 1.82) is 0 Å². The normalized spacial score (nSPS) is 15.5. The Kier molecular flexibility index (Phi) is 6.21. The van der Waals surface area contributed by atoms with Crippen molar-refractivity contribution >= 4 is 5.91 Å². The molecule has 0 aliphatic heterocycles. The Morgan fingerprint density at radius 2 is 1.80 bits per heavy atom. The fourth-order valence-corrected chi connectivity index (χ4v) is 2.28. The molecule has 0 spiro atoms. The highest BCUT2D eigenvalue weighted by molar-refractivity contribution is 5.79. The minimum atomic E-state index is -0.132. The zero-order valence-corrected chi connectivity index (χ0v) is 13.4. The molecule has 1 aromatic carbocycles. The first-order valence-electron chi connectivity index (χ1n) is 7.44. The quantitative estimate of drug-likeness (QED) is 0.868. The lowest BCUT2D eigenvalue weighted by Gasteiger charge is -2.31. The van der Waals surface area contributed by atoms with Gasteiger partial charge in [-0.25, -0.2) is 0 Å². The molecule has 0 fully saturated rings. The molecule has 3 heteroatoms. The largest absolute Gasteiger partial charge is 0.342 e. The highest BCUT2D eigenvalue weighted by Crippen LogP contribution is 2.15. The third-order valence-corrected chi connectivity index (χ3v) is 4.14. The number of benzene rings is 1. The van der Waals surface area contributed by atoms with Crippen LogP contribution in [0.1, 0.15) is 38.3 Å². The number of aryl methyl sites for hydroxylation is 1. The predicted octanol–water partition coefficient (Wildman–Crippen LogP) is 2.76. The summed E-state index contributed by atoms with van der Waals surface area (Å²) in [5.74, 6) is 0.00558. The van der Waals surface area contributed by atoms with Gasteiger partial charge in [0.2, 0.25) is 5.91 Å². The van der Waals surface area contributed by atoms with Crippen LogP contribution in [0, 0.1) is 12.8 Å². The van der Waals surface area contributed by atoms with Crippen LogP contribution in [0.2, 0.25) is 0 Å². The van der Waals surface area contributed by atoms with Gasteiger partial charge in [-0.15, -0.1) is 0 Å². The van der Waals surface area contributed by atoms with Gasteiger partial charge in [-0.1, -0.05) is 43.7 Å². The van der Waals surface area contributed by atoms with Gasteiger partial charge in [-0.05, 0) is 32.3 Å². The van der Waals surface area contributed by atoms with E-state index >= 15 is 0 Å². The van der Waals surface area contributed by atoms with E-state index < -0.39 is 0 Å². The summed E-state index contributed by atoms with van der Waals surface area (Å²) >= 11 is 0. The smallest absolute Gasteiger partial charge is 0.226 e. The maximum absolute atomic E-state index is 12.4. The number of rotatable bonds is 6. The van der Waals surface area contributed by atoms with Gasteiger partial charge in [0, 0.05) is 19.1 Å². The van der Waals surface area contributed by atoms with Crippen LogP contribution in [0.5, 0.6) is 0 Å². The number of likely N-dealkylation sites (N-methyl/N-ethyl adjacent to an activating group) is 1. The highest BCUT2D eigenvalue weighted by atomic mass is 16.2. The second-order valence-electron chi connectivity index (χ2n) is 5.85. The van der Waals surface area contributed by atoms with Crippen molar-refractivity contribution in [2.75, 3.05) is 7.05 Å². The van der Waals surface area contributed by atoms with Crippen molar-refractivity contribution in [1.82, 2.24) is 4.90 Å². The SMILES string of the molecule is CCC(Cc1ccc(C)cc1)N(C)C(=O)C(C)C(C)N. The van der Waals surface area contributed by atoms with Crippen molar-refractivity contribution in [2.45, 2.75) is 52.6 Å². The molecule has 0 heterocycles. The summed E-state index contributed by atoms with van der Waals surface area (Å²) in [6.45, 7) is 8.00. The maximum Gasteiger partial charge on any atom is 0.226 e. The third kappa shape index (κ3) is 4.34. The molecule has 0 aromatic heterocycles. The van der Waals surface area contributed by atoms with E-state index in [4.69, 9.17) is 5.73 Å². The molecule has 0 saturated heterocycles. The van der Waals surface area contributed by atoms with E-state index in [9.17, 15) is 4.79 Å². The molecule has 1 amide bonds. The Labute approximate surface area is 123 Å². The number of carbonyl (C=O) groups is 1. The van der Waals surface area contributed by atoms with Crippen LogP contribution < -0.4 is 5.73 Å². The van der Waals surface area contributed by atoms with Gasteiger partial charge in [0.25, 0.3) is 0 Å². The van der Waals surface area contributed by atoms with Gasteiger partial charge < -0.3 is 10.6 Å². The van der Waals surface area contributed by atoms with Crippen LogP contribution in [0.15, 0.2) is 24.3 Å². The van der Waals surface area contributed by atoms with Gasteiger partial charge in [0.1, 0.15) is 0 Å². The molecule has 20 heavy (non-hydrogen) atoms. The van der Waals surface area contributed by atoms with Crippen molar-refractivity contribution in [2.24, 2.45) is 11.7 Å². The summed E-state index contributed by atoms with van der Waals surface area (Å²) < 4.78 is 0. The number of amides is 1. The molecule has 112 valence electrons. The predicted molar refractivity (Wildman–Crippen MR) is 84.5 cm³/mol. The van der Waals surface area contributed by atoms with E-state index in [1.54, 1.807) is 0 Å². The second kappa shape index (κ2) is 7.44. The van der Waals surface area contributed by atoms with E-state index in [1.165, 1.54) is 11.1 Å². The Hall–Kier alpha value is -1.35. The fraction of sp³-hybridized carbons (Fsp3) is 0.588. The van der Waals surface area contributed by atoms with Gasteiger partial charge in [0.05, 0.1) is 5.92 Å². The molecule has 1 rings (SSSR count). The lowest BCUT2D eigenvalue weighted by atomic mass is 9.98. The van der Waals surface area contributed by atoms with Gasteiger partial charge in [-0.3, -0.25) is 4.79 Å². The van der Waals surface area contributed by atoms with Crippen molar-refractivity contribution < 1.29 is 4.79 Å². The average Bonchev–Trinajstić information content (AvgIpc) is 2.44. The van der Waals surface area contributed by atoms with E-state index in [1.807, 2.05) is 25.8 Å². The van der Waals surface area contributed by atoms with E-state index in [0.29, 0.717) is 0 Å². The third-order valence-electron chi connectivity index (χ3n) is 4.14. The van der Waals surface area contributed by atoms with Crippen molar-refractivity contribution in [3.8, 4) is 0 Å². The Morgan fingerprint density at radius 3 is 2.25 bits per heavy atom. The Morgan fingerprint density at radius 1 is 1.25 bits per heavy atom. The zero-order chi connectivity index (χ0) is 15.3. The van der Waals surface area contributed by atoms with Crippen LogP contribution >= 0.6 is 0 Å². The van der Waals surface area contributed by atoms with Gasteiger partial charge in [0.15, 0.2) is 0 Å². The van der Waals surface area contributed by atoms with Gasteiger partial charge >= 0.3 is 0 Å². The Bertz CT molecular complexity index is 425. The minimum Gasteiger partial charge on any atom is -0.342 e. The number of hydrogen-bond donors (Lipinski definition) is 1. The lowest BCUT2D eigenvalue weighted by molar-refractivity contribution is -0.136. The maximum atomic E-state index is 12.4. The molecule has 0 radical (unpaired) electrons. The molecule has 0 saturated carbocycles. The number of carbonyl (C=O) groups excluding carboxylic acids is 1. The van der Waals surface area contributed by atoms with Crippen LogP contribution in [-0.4, -0.2) is 29.9 Å². The lowest BCUT2D eigenvalue weighted by Crippen LogP contribution is -2.45. The van der Waals surface area contributed by atoms with E-state index in [2.05, 4.69) is 38.1 Å². The topological polar surface area (TPSA) is 46.3 Å². The second-order valence-corrected chi connectivity index (χ2v) is 5.85. The summed E-state index contributed by atoms with van der Waals surface area (Å²) in [4.78, 5) is 14.2. The number of nitrogens with zero attached hydrogens (tertiary/aromatic N) is 1.